The second kappa shape index (κ2) is 7.29. The number of amides is 2. The number of ether oxygens (including phenoxy) is 1. The fraction of sp³-hybridized carbons (Fsp3) is 0.800. The molecule has 0 aromatic carbocycles. The van der Waals surface area contributed by atoms with Gasteiger partial charge in [0.25, 0.3) is 10.2 Å². The van der Waals surface area contributed by atoms with Gasteiger partial charge in [0.1, 0.15) is 5.60 Å². The zero-order valence-corrected chi connectivity index (χ0v) is 18.2. The Hall–Kier alpha value is -1.49. The number of hydrogen-bond donors (Lipinski definition) is 0. The van der Waals surface area contributed by atoms with Gasteiger partial charge in [0.05, 0.1) is 24.5 Å². The maximum atomic E-state index is 13.5. The number of nitrogens with zero attached hydrogens (tertiary/aromatic N) is 4. The second-order valence-electron chi connectivity index (χ2n) is 9.14. The fourth-order valence-corrected chi connectivity index (χ4v) is 7.51. The van der Waals surface area contributed by atoms with Crippen molar-refractivity contribution >= 4 is 22.0 Å². The average Bonchev–Trinajstić information content (AvgIpc) is 3.27. The van der Waals surface area contributed by atoms with Gasteiger partial charge in [-0.15, -0.1) is 0 Å². The smallest absolute Gasteiger partial charge is 0.282 e. The molecule has 0 aromatic heterocycles. The highest BCUT2D eigenvalue weighted by Gasteiger charge is 2.66. The minimum Gasteiger partial charge on any atom is -0.360 e. The summed E-state index contributed by atoms with van der Waals surface area (Å²) in [5.41, 5.74) is -0.674. The van der Waals surface area contributed by atoms with Gasteiger partial charge in [-0.3, -0.25) is 9.59 Å². The first-order valence-electron chi connectivity index (χ1n) is 11.0. The molecular weight excluding hydrogens is 408 g/mol. The molecule has 4 saturated heterocycles. The van der Waals surface area contributed by atoms with Crippen molar-refractivity contribution in [1.29, 1.82) is 0 Å². The Morgan fingerprint density at radius 1 is 1.03 bits per heavy atom. The van der Waals surface area contributed by atoms with Gasteiger partial charge in [-0.2, -0.15) is 17.0 Å². The van der Waals surface area contributed by atoms with Crippen LogP contribution in [0.15, 0.2) is 12.2 Å². The van der Waals surface area contributed by atoms with Gasteiger partial charge in [0, 0.05) is 46.3 Å². The summed E-state index contributed by atoms with van der Waals surface area (Å²) >= 11 is 0. The van der Waals surface area contributed by atoms with Crippen LogP contribution in [0.5, 0.6) is 0 Å². The zero-order chi connectivity index (χ0) is 21.1. The number of likely N-dealkylation sites (N-methyl/N-ethyl adjacent to an activating group) is 1. The van der Waals surface area contributed by atoms with Gasteiger partial charge in [0.15, 0.2) is 0 Å². The van der Waals surface area contributed by atoms with Crippen LogP contribution >= 0.6 is 0 Å². The first-order valence-corrected chi connectivity index (χ1v) is 12.4. The molecule has 5 aliphatic heterocycles. The van der Waals surface area contributed by atoms with Crippen LogP contribution in [0.2, 0.25) is 0 Å². The third-order valence-corrected chi connectivity index (χ3v) is 9.34. The lowest BCUT2D eigenvalue weighted by Crippen LogP contribution is -2.48. The highest BCUT2D eigenvalue weighted by Crippen LogP contribution is 2.52. The molecule has 0 aliphatic carbocycles. The van der Waals surface area contributed by atoms with Crippen molar-refractivity contribution in [3.05, 3.63) is 12.2 Å². The number of hydrogen-bond acceptors (Lipinski definition) is 5. The average molecular weight is 439 g/mol. The van der Waals surface area contributed by atoms with Crippen molar-refractivity contribution < 1.29 is 22.7 Å². The molecule has 5 aliphatic rings. The Morgan fingerprint density at radius 2 is 1.73 bits per heavy atom. The van der Waals surface area contributed by atoms with Crippen LogP contribution in [-0.2, 0) is 24.5 Å². The lowest BCUT2D eigenvalue weighted by Gasteiger charge is -2.32. The van der Waals surface area contributed by atoms with Crippen LogP contribution in [0.1, 0.15) is 25.7 Å². The van der Waals surface area contributed by atoms with E-state index in [9.17, 15) is 18.0 Å². The van der Waals surface area contributed by atoms with E-state index in [-0.39, 0.29) is 17.9 Å². The number of carbonyl (C=O) groups is 2. The quantitative estimate of drug-likeness (QED) is 0.563. The van der Waals surface area contributed by atoms with Crippen LogP contribution in [0.25, 0.3) is 0 Å². The van der Waals surface area contributed by atoms with Gasteiger partial charge >= 0.3 is 0 Å². The van der Waals surface area contributed by atoms with Crippen LogP contribution in [0.3, 0.4) is 0 Å². The van der Waals surface area contributed by atoms with Gasteiger partial charge < -0.3 is 14.5 Å². The summed E-state index contributed by atoms with van der Waals surface area (Å²) in [4.78, 5) is 29.6. The molecule has 5 heterocycles. The highest BCUT2D eigenvalue weighted by atomic mass is 32.2. The van der Waals surface area contributed by atoms with Crippen LogP contribution < -0.4 is 0 Å². The van der Waals surface area contributed by atoms with Crippen molar-refractivity contribution in [3.63, 3.8) is 0 Å². The molecule has 0 N–H and O–H groups in total. The number of rotatable bonds is 3. The summed E-state index contributed by atoms with van der Waals surface area (Å²) in [6.45, 7) is 3.20. The Labute approximate surface area is 177 Å². The molecule has 0 radical (unpaired) electrons. The summed E-state index contributed by atoms with van der Waals surface area (Å²) in [5.74, 6) is -1.11. The summed E-state index contributed by atoms with van der Waals surface area (Å²) in [6.07, 6.45) is 6.97. The van der Waals surface area contributed by atoms with Crippen molar-refractivity contribution in [2.45, 2.75) is 37.4 Å². The Kier molecular flexibility index (Phi) is 4.96. The first kappa shape index (κ1) is 20.4. The van der Waals surface area contributed by atoms with E-state index in [2.05, 4.69) is 0 Å². The lowest BCUT2D eigenvalue weighted by molar-refractivity contribution is -0.142. The van der Waals surface area contributed by atoms with Crippen molar-refractivity contribution in [2.24, 2.45) is 11.8 Å². The van der Waals surface area contributed by atoms with E-state index in [0.29, 0.717) is 52.2 Å². The summed E-state index contributed by atoms with van der Waals surface area (Å²) in [5, 5.41) is 0. The molecule has 4 fully saturated rings. The van der Waals surface area contributed by atoms with E-state index < -0.39 is 27.6 Å². The summed E-state index contributed by atoms with van der Waals surface area (Å²) in [6, 6.07) is 0. The molecule has 5 rings (SSSR count). The fourth-order valence-electron chi connectivity index (χ4n) is 5.79. The molecule has 9 nitrogen and oxygen atoms in total. The molecule has 0 aromatic rings. The third-order valence-electron chi connectivity index (χ3n) is 7.31. The molecule has 30 heavy (non-hydrogen) atoms. The van der Waals surface area contributed by atoms with Crippen molar-refractivity contribution in [3.8, 4) is 0 Å². The standard InChI is InChI=1S/C20H30N4O5S/c1-21-14-20-7-6-15(29-20)16(17(20)19(21)26)18(25)22-8-5-11-24(13-12-22)30(27,28)23-9-3-2-4-10-23/h6-7,15-17H,2-5,8-14H2,1H3/t15-,16-,17+,20-/m0/s1. The van der Waals surface area contributed by atoms with E-state index in [1.807, 2.05) is 12.2 Å². The third kappa shape index (κ3) is 3.03. The normalized spacial score (nSPS) is 37.6. The van der Waals surface area contributed by atoms with E-state index in [1.54, 1.807) is 21.2 Å². The molecule has 0 unspecified atom stereocenters. The number of fused-ring (bicyclic) bond motifs is 1. The minimum atomic E-state index is -3.48. The molecule has 166 valence electrons. The summed E-state index contributed by atoms with van der Waals surface area (Å²) < 4.78 is 35.3. The molecule has 1 spiro atoms. The largest absolute Gasteiger partial charge is 0.360 e. The number of likely N-dealkylation sites (tertiary alicyclic amines) is 1. The lowest BCUT2D eigenvalue weighted by atomic mass is 9.76. The van der Waals surface area contributed by atoms with E-state index in [0.717, 1.165) is 19.3 Å². The molecule has 2 bridgehead atoms. The minimum absolute atomic E-state index is 0.0377. The predicted molar refractivity (Wildman–Crippen MR) is 108 cm³/mol. The van der Waals surface area contributed by atoms with Gasteiger partial charge in [-0.1, -0.05) is 18.6 Å². The maximum Gasteiger partial charge on any atom is 0.282 e. The molecule has 10 heteroatoms. The van der Waals surface area contributed by atoms with Crippen LogP contribution in [0, 0.1) is 11.8 Å². The topological polar surface area (TPSA) is 90.5 Å². The van der Waals surface area contributed by atoms with Crippen LogP contribution in [0.4, 0.5) is 0 Å². The van der Waals surface area contributed by atoms with E-state index in [1.165, 1.54) is 4.31 Å². The van der Waals surface area contributed by atoms with Gasteiger partial charge in [-0.05, 0) is 19.3 Å². The van der Waals surface area contributed by atoms with Crippen molar-refractivity contribution in [2.75, 3.05) is 52.9 Å². The van der Waals surface area contributed by atoms with E-state index >= 15 is 0 Å². The SMILES string of the molecule is CN1C[C@]23C=C[C@H](O2)[C@H](C(=O)N2CCCN(S(=O)(=O)N4CCCCC4)CC2)[C@@H]3C1=O. The molecular formula is C20H30N4O5S. The van der Waals surface area contributed by atoms with Gasteiger partial charge in [-0.25, -0.2) is 0 Å². The first-order chi connectivity index (χ1) is 14.3. The van der Waals surface area contributed by atoms with Gasteiger partial charge in [0.2, 0.25) is 11.8 Å². The van der Waals surface area contributed by atoms with Crippen LogP contribution in [-0.4, -0.2) is 103 Å². The number of carbonyl (C=O) groups excluding carboxylic acids is 2. The molecule has 4 atom stereocenters. The maximum absolute atomic E-state index is 13.5. The Morgan fingerprint density at radius 3 is 2.50 bits per heavy atom. The Balaban J connectivity index is 1.29. The monoisotopic (exact) mass is 438 g/mol. The molecule has 2 amide bonds. The summed E-state index contributed by atoms with van der Waals surface area (Å²) in [7, 11) is -1.74. The Bertz CT molecular complexity index is 870. The zero-order valence-electron chi connectivity index (χ0n) is 17.4. The number of piperidine rings is 1. The molecule has 0 saturated carbocycles. The second-order valence-corrected chi connectivity index (χ2v) is 11.1. The van der Waals surface area contributed by atoms with E-state index in [4.69, 9.17) is 4.74 Å². The highest BCUT2D eigenvalue weighted by molar-refractivity contribution is 7.86. The predicted octanol–water partition coefficient (Wildman–Crippen LogP) is -0.337. The van der Waals surface area contributed by atoms with Crippen molar-refractivity contribution in [1.82, 2.24) is 18.4 Å².